The first-order valence-electron chi connectivity index (χ1n) is 11.1. The third-order valence-corrected chi connectivity index (χ3v) is 6.26. The summed E-state index contributed by atoms with van der Waals surface area (Å²) in [6.45, 7) is 6.61. The highest BCUT2D eigenvalue weighted by Crippen LogP contribution is 2.21. The Hall–Kier alpha value is -3.49. The van der Waals surface area contributed by atoms with Crippen molar-refractivity contribution < 1.29 is 4.79 Å². The summed E-state index contributed by atoms with van der Waals surface area (Å²) in [4.78, 5) is 27.4. The van der Waals surface area contributed by atoms with Crippen LogP contribution in [0, 0.1) is 6.92 Å². The van der Waals surface area contributed by atoms with Gasteiger partial charge in [-0.15, -0.1) is 5.11 Å². The monoisotopic (exact) mass is 478 g/mol. The molecule has 2 aromatic carbocycles. The van der Waals surface area contributed by atoms with Gasteiger partial charge in [-0.1, -0.05) is 41.9 Å². The minimum Gasteiger partial charge on any atom is -0.369 e. The van der Waals surface area contributed by atoms with E-state index in [0.29, 0.717) is 11.6 Å². The fraction of sp³-hybridized carbons (Fsp3) is 0.280. The molecule has 0 atom stereocenters. The Morgan fingerprint density at radius 3 is 2.24 bits per heavy atom. The number of benzene rings is 2. The summed E-state index contributed by atoms with van der Waals surface area (Å²) in [6.07, 6.45) is 2.67. The number of para-hydroxylation sites is 1. The highest BCUT2D eigenvalue weighted by atomic mass is 35.5. The average Bonchev–Trinajstić information content (AvgIpc) is 3.41. The van der Waals surface area contributed by atoms with E-state index >= 15 is 0 Å². The molecule has 0 aliphatic carbocycles. The van der Waals surface area contributed by atoms with Gasteiger partial charge in [-0.25, -0.2) is 4.68 Å². The smallest absolute Gasteiger partial charge is 0.290 e. The molecule has 0 unspecified atom stereocenters. The second-order valence-electron chi connectivity index (χ2n) is 8.21. The van der Waals surface area contributed by atoms with Crippen molar-refractivity contribution in [2.45, 2.75) is 13.5 Å². The van der Waals surface area contributed by atoms with Crippen LogP contribution in [0.1, 0.15) is 11.3 Å². The fourth-order valence-corrected chi connectivity index (χ4v) is 4.33. The number of amides is 1. The molecule has 1 fully saturated rings. The summed E-state index contributed by atoms with van der Waals surface area (Å²) < 4.78 is 3.52. The number of piperazine rings is 1. The number of carbonyl (C=O) groups is 1. The van der Waals surface area contributed by atoms with Gasteiger partial charge >= 0.3 is 0 Å². The first-order chi connectivity index (χ1) is 16.4. The highest BCUT2D eigenvalue weighted by molar-refractivity contribution is 6.31. The van der Waals surface area contributed by atoms with E-state index in [-0.39, 0.29) is 11.5 Å². The largest absolute Gasteiger partial charge is 0.369 e. The number of anilines is 1. The molecule has 2 aliphatic heterocycles. The molecule has 2 aliphatic rings. The first kappa shape index (κ1) is 23.7. The van der Waals surface area contributed by atoms with E-state index < -0.39 is 0 Å². The number of nitrogens with zero attached hydrogens (tertiary/aromatic N) is 6. The molecule has 8 nitrogen and oxygen atoms in total. The zero-order chi connectivity index (χ0) is 24.1. The van der Waals surface area contributed by atoms with Gasteiger partial charge in [-0.05, 0) is 36.8 Å². The lowest BCUT2D eigenvalue weighted by Gasteiger charge is -2.36. The summed E-state index contributed by atoms with van der Waals surface area (Å²) in [7, 11) is 1.90. The van der Waals surface area contributed by atoms with Crippen LogP contribution in [0.5, 0.6) is 0 Å². The van der Waals surface area contributed by atoms with E-state index in [2.05, 4.69) is 51.2 Å². The molecule has 0 spiro atoms. The quantitative estimate of drug-likeness (QED) is 0.569. The Balaban J connectivity index is 0.000000398. The van der Waals surface area contributed by atoms with Crippen LogP contribution in [-0.2, 0) is 18.4 Å². The summed E-state index contributed by atoms with van der Waals surface area (Å²) >= 11 is 6.44. The van der Waals surface area contributed by atoms with Gasteiger partial charge in [0.2, 0.25) is 0 Å². The molecule has 0 N–H and O–H groups in total. The van der Waals surface area contributed by atoms with E-state index in [1.165, 1.54) is 23.5 Å². The van der Waals surface area contributed by atoms with Gasteiger partial charge in [-0.2, -0.15) is 5.11 Å². The molecule has 3 heterocycles. The van der Waals surface area contributed by atoms with Crippen molar-refractivity contribution in [3.05, 3.63) is 93.5 Å². The second-order valence-corrected chi connectivity index (χ2v) is 8.59. The van der Waals surface area contributed by atoms with E-state index in [4.69, 9.17) is 11.6 Å². The van der Waals surface area contributed by atoms with Crippen LogP contribution in [0.15, 0.2) is 81.9 Å². The molecular formula is C25H27ClN6O2. The van der Waals surface area contributed by atoms with Gasteiger partial charge in [0.1, 0.15) is 5.02 Å². The van der Waals surface area contributed by atoms with Gasteiger partial charge in [0.25, 0.3) is 11.5 Å². The molecule has 0 bridgehead atoms. The molecular weight excluding hydrogens is 452 g/mol. The third kappa shape index (κ3) is 5.35. The third-order valence-electron chi connectivity index (χ3n) is 5.88. The predicted octanol–water partition coefficient (Wildman–Crippen LogP) is 3.95. The summed E-state index contributed by atoms with van der Waals surface area (Å²) in [6, 6.07) is 18.3. The lowest BCUT2D eigenvalue weighted by molar-refractivity contribution is -0.113. The van der Waals surface area contributed by atoms with E-state index in [9.17, 15) is 9.59 Å². The lowest BCUT2D eigenvalue weighted by Crippen LogP contribution is -2.46. The maximum atomic E-state index is 12.7. The predicted molar refractivity (Wildman–Crippen MR) is 134 cm³/mol. The SMILES string of the molecule is Cc1cccc(N2CCN(Cc3c(Cl)c(=O)n(-c4ccccc4)n3C)CC2)c1.O=C1C=CN=N1. The maximum Gasteiger partial charge on any atom is 0.290 e. The van der Waals surface area contributed by atoms with Crippen molar-refractivity contribution >= 4 is 23.2 Å². The van der Waals surface area contributed by atoms with Crippen LogP contribution in [-0.4, -0.2) is 46.3 Å². The molecule has 176 valence electrons. The molecule has 0 saturated carbocycles. The van der Waals surface area contributed by atoms with Crippen molar-refractivity contribution in [2.75, 3.05) is 31.1 Å². The van der Waals surface area contributed by atoms with Crippen molar-refractivity contribution in [1.29, 1.82) is 0 Å². The van der Waals surface area contributed by atoms with Crippen molar-refractivity contribution in [1.82, 2.24) is 14.3 Å². The number of hydrogen-bond acceptors (Lipinski definition) is 5. The number of halogens is 1. The maximum absolute atomic E-state index is 12.7. The van der Waals surface area contributed by atoms with E-state index in [0.717, 1.165) is 37.6 Å². The highest BCUT2D eigenvalue weighted by Gasteiger charge is 2.23. The number of azo groups is 1. The van der Waals surface area contributed by atoms with E-state index in [1.807, 2.05) is 42.1 Å². The minimum atomic E-state index is -0.269. The first-order valence-corrected chi connectivity index (χ1v) is 11.5. The average molecular weight is 479 g/mol. The van der Waals surface area contributed by atoms with Crippen LogP contribution in [0.3, 0.4) is 0 Å². The molecule has 9 heteroatoms. The van der Waals surface area contributed by atoms with Crippen LogP contribution in [0.4, 0.5) is 5.69 Å². The molecule has 3 aromatic rings. The van der Waals surface area contributed by atoms with Gasteiger partial charge in [0.15, 0.2) is 0 Å². The number of carbonyl (C=O) groups excluding carboxylic acids is 1. The van der Waals surface area contributed by atoms with Gasteiger partial charge in [-0.3, -0.25) is 19.2 Å². The number of hydrogen-bond donors (Lipinski definition) is 0. The topological polar surface area (TPSA) is 75.2 Å². The number of aryl methyl sites for hydroxylation is 1. The molecule has 34 heavy (non-hydrogen) atoms. The standard InChI is InChI=1S/C22H25ClN4O.C3H2N2O/c1-17-7-6-10-19(15-17)26-13-11-25(12-14-26)16-20-21(23)22(28)27(24(20)2)18-8-4-3-5-9-18;6-3-1-2-4-5-3/h3-10,15H,11-14,16H2,1-2H3;1-2H. The molecule has 1 amide bonds. The van der Waals surface area contributed by atoms with Crippen molar-refractivity contribution in [3.63, 3.8) is 0 Å². The Bertz CT molecular complexity index is 1260. The molecule has 0 radical (unpaired) electrons. The van der Waals surface area contributed by atoms with Crippen LogP contribution < -0.4 is 10.5 Å². The van der Waals surface area contributed by atoms with E-state index in [1.54, 1.807) is 4.68 Å². The van der Waals surface area contributed by atoms with Crippen molar-refractivity contribution in [3.8, 4) is 5.69 Å². The zero-order valence-corrected chi connectivity index (χ0v) is 20.0. The normalized spacial score (nSPS) is 15.5. The number of aromatic nitrogens is 2. The van der Waals surface area contributed by atoms with Crippen LogP contribution in [0.2, 0.25) is 5.02 Å². The Labute approximate surface area is 203 Å². The lowest BCUT2D eigenvalue weighted by atomic mass is 10.2. The summed E-state index contributed by atoms with van der Waals surface area (Å²) in [5, 5.41) is 6.68. The van der Waals surface area contributed by atoms with Gasteiger partial charge < -0.3 is 4.90 Å². The number of rotatable bonds is 4. The summed E-state index contributed by atoms with van der Waals surface area (Å²) in [5.74, 6) is -0.269. The van der Waals surface area contributed by atoms with Crippen molar-refractivity contribution in [2.24, 2.45) is 17.3 Å². The zero-order valence-electron chi connectivity index (χ0n) is 19.3. The van der Waals surface area contributed by atoms with Gasteiger partial charge in [0, 0.05) is 51.5 Å². The molecule has 1 aromatic heterocycles. The van der Waals surface area contributed by atoms with Crippen LogP contribution in [0.25, 0.3) is 5.69 Å². The Kier molecular flexibility index (Phi) is 7.40. The second kappa shape index (κ2) is 10.6. The molecule has 1 saturated heterocycles. The summed E-state index contributed by atoms with van der Waals surface area (Å²) in [5.41, 5.74) is 4.08. The molecule has 5 rings (SSSR count). The Morgan fingerprint density at radius 2 is 1.65 bits per heavy atom. The minimum absolute atomic E-state index is 0.163. The van der Waals surface area contributed by atoms with Crippen LogP contribution >= 0.6 is 11.6 Å². The van der Waals surface area contributed by atoms with Gasteiger partial charge in [0.05, 0.1) is 17.6 Å². The Morgan fingerprint density at radius 1 is 0.941 bits per heavy atom. The fourth-order valence-electron chi connectivity index (χ4n) is 4.07.